The first-order valence-electron chi connectivity index (χ1n) is 7.28. The first kappa shape index (κ1) is 21.7. The van der Waals surface area contributed by atoms with Gasteiger partial charge in [-0.3, -0.25) is 14.4 Å². The molecule has 0 aliphatic rings. The van der Waals surface area contributed by atoms with Gasteiger partial charge in [-0.15, -0.1) is 0 Å². The zero-order valence-corrected chi connectivity index (χ0v) is 12.8. The lowest BCUT2D eigenvalue weighted by molar-refractivity contribution is -0.138. The molecule has 0 spiro atoms. The highest BCUT2D eigenvalue weighted by molar-refractivity contribution is 5.72. The minimum absolute atomic E-state index is 0.0340. The van der Waals surface area contributed by atoms with E-state index in [0.29, 0.717) is 19.5 Å². The number of aliphatic carboxylic acids is 2. The van der Waals surface area contributed by atoms with E-state index < -0.39 is 11.9 Å². The lowest BCUT2D eigenvalue weighted by atomic mass is 10.2. The zero-order chi connectivity index (χ0) is 16.5. The second kappa shape index (κ2) is 16.4. The summed E-state index contributed by atoms with van der Waals surface area (Å²) in [6.07, 6.45) is 5.52. The molecule has 5 N–H and O–H groups in total. The molecule has 0 aromatic rings. The second-order valence-electron chi connectivity index (χ2n) is 4.68. The number of nitrogens with one attached hydrogen (secondary N) is 1. The van der Waals surface area contributed by atoms with Gasteiger partial charge < -0.3 is 21.3 Å². The first-order valence-corrected chi connectivity index (χ1v) is 7.28. The smallest absolute Gasteiger partial charge is 0.303 e. The molecule has 0 aromatic carbocycles. The van der Waals surface area contributed by atoms with Gasteiger partial charge in [0, 0.05) is 26.3 Å². The average Bonchev–Trinajstić information content (AvgIpc) is 2.39. The Morgan fingerprint density at radius 1 is 0.857 bits per heavy atom. The summed E-state index contributed by atoms with van der Waals surface area (Å²) in [5.74, 6) is -1.50. The van der Waals surface area contributed by atoms with Crippen LogP contribution >= 0.6 is 0 Å². The fraction of sp³-hybridized carbons (Fsp3) is 0.786. The predicted molar refractivity (Wildman–Crippen MR) is 79.9 cm³/mol. The molecule has 0 atom stereocenters. The molecule has 0 fully saturated rings. The number of hydrogen-bond donors (Lipinski definition) is 4. The van der Waals surface area contributed by atoms with Crippen LogP contribution in [-0.4, -0.2) is 41.1 Å². The van der Waals surface area contributed by atoms with Crippen molar-refractivity contribution >= 4 is 17.8 Å². The summed E-state index contributed by atoms with van der Waals surface area (Å²) in [7, 11) is 0. The number of carbonyl (C=O) groups is 3. The van der Waals surface area contributed by atoms with E-state index in [1.165, 1.54) is 6.92 Å². The van der Waals surface area contributed by atoms with E-state index >= 15 is 0 Å². The molecule has 124 valence electrons. The molecule has 0 bridgehead atoms. The monoisotopic (exact) mass is 304 g/mol. The number of carbonyl (C=O) groups excluding carboxylic acids is 1. The highest BCUT2D eigenvalue weighted by Gasteiger charge is 1.96. The normalized spacial score (nSPS) is 9.43. The van der Waals surface area contributed by atoms with Gasteiger partial charge in [-0.25, -0.2) is 0 Å². The van der Waals surface area contributed by atoms with Crippen LogP contribution in [0.1, 0.15) is 58.3 Å². The van der Waals surface area contributed by atoms with Crippen molar-refractivity contribution in [2.75, 3.05) is 13.1 Å². The molecule has 21 heavy (non-hydrogen) atoms. The zero-order valence-electron chi connectivity index (χ0n) is 12.8. The highest BCUT2D eigenvalue weighted by atomic mass is 16.4. The minimum Gasteiger partial charge on any atom is -0.481 e. The van der Waals surface area contributed by atoms with Crippen molar-refractivity contribution in [1.29, 1.82) is 0 Å². The molecule has 0 heterocycles. The average molecular weight is 304 g/mol. The fourth-order valence-corrected chi connectivity index (χ4v) is 1.44. The molecule has 7 nitrogen and oxygen atoms in total. The van der Waals surface area contributed by atoms with Gasteiger partial charge in [0.2, 0.25) is 5.91 Å². The van der Waals surface area contributed by atoms with Crippen LogP contribution in [0.25, 0.3) is 0 Å². The standard InChI is InChI=1S/C8H15NO3.C6H13NO2/c1-7(10)9-6-4-2-3-5-8(11)12;7-5-3-1-2-4-6(8)9/h2-6H2,1H3,(H,9,10)(H,11,12);1-5,7H2,(H,8,9). The predicted octanol–water partition coefficient (Wildman–Crippen LogP) is 1.36. The van der Waals surface area contributed by atoms with E-state index in [1.54, 1.807) is 0 Å². The molecular weight excluding hydrogens is 276 g/mol. The van der Waals surface area contributed by atoms with Crippen molar-refractivity contribution in [3.63, 3.8) is 0 Å². The fourth-order valence-electron chi connectivity index (χ4n) is 1.44. The number of rotatable bonds is 11. The minimum atomic E-state index is -0.755. The van der Waals surface area contributed by atoms with Crippen LogP contribution in [0.2, 0.25) is 0 Å². The highest BCUT2D eigenvalue weighted by Crippen LogP contribution is 1.98. The Morgan fingerprint density at radius 3 is 1.71 bits per heavy atom. The summed E-state index contributed by atoms with van der Waals surface area (Å²) < 4.78 is 0. The van der Waals surface area contributed by atoms with Gasteiger partial charge in [0.15, 0.2) is 0 Å². The van der Waals surface area contributed by atoms with Crippen molar-refractivity contribution in [3.05, 3.63) is 0 Å². The third-order valence-electron chi connectivity index (χ3n) is 2.54. The van der Waals surface area contributed by atoms with Crippen LogP contribution in [0.5, 0.6) is 0 Å². The topological polar surface area (TPSA) is 130 Å². The number of amides is 1. The number of carboxylic acids is 2. The Bertz CT molecular complexity index is 277. The molecule has 0 saturated heterocycles. The molecule has 0 aliphatic heterocycles. The van der Waals surface area contributed by atoms with E-state index in [0.717, 1.165) is 32.1 Å². The first-order chi connectivity index (χ1) is 9.90. The Morgan fingerprint density at radius 2 is 1.33 bits per heavy atom. The third-order valence-corrected chi connectivity index (χ3v) is 2.54. The van der Waals surface area contributed by atoms with Crippen LogP contribution in [0.3, 0.4) is 0 Å². The number of carboxylic acid groups (broad SMARTS) is 2. The molecule has 0 rings (SSSR count). The van der Waals surface area contributed by atoms with Gasteiger partial charge in [-0.2, -0.15) is 0 Å². The molecule has 1 amide bonds. The maximum Gasteiger partial charge on any atom is 0.303 e. The SMILES string of the molecule is CC(=O)NCCCCCC(=O)O.NCCCCCC(=O)O. The molecule has 0 saturated carbocycles. The Labute approximate surface area is 125 Å². The maximum absolute atomic E-state index is 10.4. The van der Waals surface area contributed by atoms with Crippen LogP contribution in [0.4, 0.5) is 0 Å². The molecule has 0 radical (unpaired) electrons. The van der Waals surface area contributed by atoms with Gasteiger partial charge in [0.25, 0.3) is 0 Å². The van der Waals surface area contributed by atoms with Gasteiger partial charge in [-0.05, 0) is 32.2 Å². The van der Waals surface area contributed by atoms with Crippen molar-refractivity contribution in [2.24, 2.45) is 5.73 Å². The molecule has 7 heteroatoms. The van der Waals surface area contributed by atoms with Crippen LogP contribution < -0.4 is 11.1 Å². The molecule has 0 aliphatic carbocycles. The van der Waals surface area contributed by atoms with Gasteiger partial charge >= 0.3 is 11.9 Å². The number of unbranched alkanes of at least 4 members (excludes halogenated alkanes) is 4. The van der Waals surface area contributed by atoms with Crippen LogP contribution in [0, 0.1) is 0 Å². The lowest BCUT2D eigenvalue weighted by Crippen LogP contribution is -2.20. The maximum atomic E-state index is 10.4. The second-order valence-corrected chi connectivity index (χ2v) is 4.68. The van der Waals surface area contributed by atoms with Crippen molar-refractivity contribution in [2.45, 2.75) is 58.3 Å². The van der Waals surface area contributed by atoms with Crippen LogP contribution in [-0.2, 0) is 14.4 Å². The third kappa shape index (κ3) is 27.5. The summed E-state index contributed by atoms with van der Waals surface area (Å²) in [6.45, 7) is 2.78. The Hall–Kier alpha value is -1.63. The molecule has 0 aromatic heterocycles. The summed E-state index contributed by atoms with van der Waals surface area (Å²) in [4.78, 5) is 30.4. The van der Waals surface area contributed by atoms with E-state index in [9.17, 15) is 14.4 Å². The lowest BCUT2D eigenvalue weighted by Gasteiger charge is -2.00. The Kier molecular flexibility index (Phi) is 16.9. The summed E-state index contributed by atoms with van der Waals surface area (Å²) in [6, 6.07) is 0. The van der Waals surface area contributed by atoms with Gasteiger partial charge in [0.05, 0.1) is 0 Å². The largest absolute Gasteiger partial charge is 0.481 e. The van der Waals surface area contributed by atoms with Crippen molar-refractivity contribution in [3.8, 4) is 0 Å². The quantitative estimate of drug-likeness (QED) is 0.426. The summed E-state index contributed by atoms with van der Waals surface area (Å²) in [5, 5.41) is 19.1. The van der Waals surface area contributed by atoms with Crippen molar-refractivity contribution in [1.82, 2.24) is 5.32 Å². The summed E-state index contributed by atoms with van der Waals surface area (Å²) >= 11 is 0. The van der Waals surface area contributed by atoms with E-state index in [-0.39, 0.29) is 18.7 Å². The molecular formula is C14H28N2O5. The van der Waals surface area contributed by atoms with Crippen LogP contribution in [0.15, 0.2) is 0 Å². The van der Waals surface area contributed by atoms with Gasteiger partial charge in [-0.1, -0.05) is 12.8 Å². The Balaban J connectivity index is 0. The number of nitrogens with two attached hydrogens (primary N) is 1. The summed E-state index contributed by atoms with van der Waals surface area (Å²) in [5.41, 5.74) is 5.20. The van der Waals surface area contributed by atoms with E-state index in [1.807, 2.05) is 0 Å². The van der Waals surface area contributed by atoms with E-state index in [2.05, 4.69) is 5.32 Å². The number of hydrogen-bond acceptors (Lipinski definition) is 4. The molecule has 0 unspecified atom stereocenters. The van der Waals surface area contributed by atoms with Gasteiger partial charge in [0.1, 0.15) is 0 Å². The van der Waals surface area contributed by atoms with E-state index in [4.69, 9.17) is 15.9 Å². The van der Waals surface area contributed by atoms with Crippen molar-refractivity contribution < 1.29 is 24.6 Å².